The molecule has 0 saturated carbocycles. The molecule has 0 aromatic carbocycles. The van der Waals surface area contributed by atoms with Gasteiger partial charge >= 0.3 is 5.97 Å². The van der Waals surface area contributed by atoms with Gasteiger partial charge in [-0.1, -0.05) is 0 Å². The molecule has 3 N–H and O–H groups in total. The molecular formula is C17H26N4O7S. The Kier molecular flexibility index (Phi) is 8.70. The Morgan fingerprint density at radius 2 is 2.00 bits per heavy atom. The number of ether oxygens (including phenoxy) is 1. The number of carboxylic acid groups (broad SMARTS) is 1. The van der Waals surface area contributed by atoms with E-state index in [0.717, 1.165) is 18.2 Å². The van der Waals surface area contributed by atoms with Crippen molar-refractivity contribution < 1.29 is 33.8 Å². The van der Waals surface area contributed by atoms with Crippen molar-refractivity contribution in [2.75, 3.05) is 51.4 Å². The van der Waals surface area contributed by atoms with Crippen molar-refractivity contribution in [2.45, 2.75) is 24.9 Å². The second-order valence-electron chi connectivity index (χ2n) is 6.76. The first kappa shape index (κ1) is 22.9. The minimum Gasteiger partial charge on any atom is -0.481 e. The Morgan fingerprint density at radius 3 is 2.66 bits per heavy atom. The van der Waals surface area contributed by atoms with Crippen LogP contribution in [0.25, 0.3) is 0 Å². The third-order valence-corrected chi connectivity index (χ3v) is 5.58. The third kappa shape index (κ3) is 6.60. The summed E-state index contributed by atoms with van der Waals surface area (Å²) in [5.41, 5.74) is 0. The van der Waals surface area contributed by atoms with E-state index in [4.69, 9.17) is 9.84 Å². The molecule has 12 heteroatoms. The van der Waals surface area contributed by atoms with Gasteiger partial charge in [0, 0.05) is 26.7 Å². The fourth-order valence-corrected chi connectivity index (χ4v) is 3.85. The molecule has 0 aromatic heterocycles. The Balaban J connectivity index is 2.08. The number of piperidine rings is 1. The molecule has 4 amide bonds. The number of thioether (sulfide) groups is 1. The van der Waals surface area contributed by atoms with Crippen molar-refractivity contribution >= 4 is 41.4 Å². The van der Waals surface area contributed by atoms with Gasteiger partial charge in [-0.2, -0.15) is 0 Å². The van der Waals surface area contributed by atoms with Gasteiger partial charge in [0.05, 0.1) is 18.1 Å². The molecule has 2 saturated heterocycles. The van der Waals surface area contributed by atoms with E-state index in [9.17, 15) is 24.0 Å². The average Bonchev–Trinajstić information content (AvgIpc) is 2.69. The zero-order chi connectivity index (χ0) is 21.4. The molecule has 0 aliphatic carbocycles. The summed E-state index contributed by atoms with van der Waals surface area (Å²) in [5.74, 6) is -2.82. The molecular weight excluding hydrogens is 404 g/mol. The summed E-state index contributed by atoms with van der Waals surface area (Å²) >= 11 is 0.941. The van der Waals surface area contributed by atoms with Crippen LogP contribution in [0.15, 0.2) is 0 Å². The quantitative estimate of drug-likeness (QED) is 0.396. The number of carbonyl (C=O) groups is 5. The number of aliphatic carboxylic acids is 1. The van der Waals surface area contributed by atoms with Gasteiger partial charge in [-0.3, -0.25) is 24.0 Å². The normalized spacial score (nSPS) is 22.0. The number of amides is 4. The van der Waals surface area contributed by atoms with Gasteiger partial charge in [-0.25, -0.2) is 0 Å². The van der Waals surface area contributed by atoms with Crippen LogP contribution < -0.4 is 10.6 Å². The van der Waals surface area contributed by atoms with Gasteiger partial charge in [-0.15, -0.1) is 11.8 Å². The second-order valence-corrected chi connectivity index (χ2v) is 7.74. The van der Waals surface area contributed by atoms with E-state index in [-0.39, 0.29) is 55.5 Å². The highest BCUT2D eigenvalue weighted by molar-refractivity contribution is 8.00. The lowest BCUT2D eigenvalue weighted by molar-refractivity contribution is -0.149. The summed E-state index contributed by atoms with van der Waals surface area (Å²) in [4.78, 5) is 63.0. The molecule has 2 fully saturated rings. The van der Waals surface area contributed by atoms with Crippen LogP contribution in [0, 0.1) is 0 Å². The summed E-state index contributed by atoms with van der Waals surface area (Å²) < 4.78 is 4.85. The first-order chi connectivity index (χ1) is 13.8. The lowest BCUT2D eigenvalue weighted by Gasteiger charge is -2.41. The maximum absolute atomic E-state index is 12.9. The van der Waals surface area contributed by atoms with E-state index in [1.807, 2.05) is 0 Å². The van der Waals surface area contributed by atoms with Crippen molar-refractivity contribution in [3.05, 3.63) is 0 Å². The summed E-state index contributed by atoms with van der Waals surface area (Å²) in [6, 6.07) is -1.64. The lowest BCUT2D eigenvalue weighted by atomic mass is 10.0. The van der Waals surface area contributed by atoms with Crippen LogP contribution in [-0.2, 0) is 28.7 Å². The molecule has 2 rings (SSSR count). The van der Waals surface area contributed by atoms with Crippen molar-refractivity contribution in [3.63, 3.8) is 0 Å². The van der Waals surface area contributed by atoms with E-state index in [2.05, 4.69) is 10.6 Å². The third-order valence-electron chi connectivity index (χ3n) is 4.68. The van der Waals surface area contributed by atoms with Gasteiger partial charge < -0.3 is 30.3 Å². The van der Waals surface area contributed by atoms with Crippen LogP contribution in [0.3, 0.4) is 0 Å². The molecule has 0 radical (unpaired) electrons. The molecule has 2 unspecified atom stereocenters. The summed E-state index contributed by atoms with van der Waals surface area (Å²) in [6.45, 7) is 0.779. The highest BCUT2D eigenvalue weighted by Crippen LogP contribution is 2.15. The molecule has 2 heterocycles. The number of carbonyl (C=O) groups excluding carboxylic acids is 4. The van der Waals surface area contributed by atoms with Crippen molar-refractivity contribution in [1.82, 2.24) is 20.4 Å². The molecule has 11 nitrogen and oxygen atoms in total. The number of hydrogen-bond acceptors (Lipinski definition) is 7. The fourth-order valence-electron chi connectivity index (χ4n) is 3.23. The monoisotopic (exact) mass is 430 g/mol. The van der Waals surface area contributed by atoms with Crippen molar-refractivity contribution in [3.8, 4) is 0 Å². The maximum Gasteiger partial charge on any atom is 0.313 e. The minimum atomic E-state index is -1.03. The number of rotatable bonds is 8. The van der Waals surface area contributed by atoms with Crippen LogP contribution in [0.2, 0.25) is 0 Å². The Labute approximate surface area is 172 Å². The highest BCUT2D eigenvalue weighted by Gasteiger charge is 2.38. The highest BCUT2D eigenvalue weighted by atomic mass is 32.2. The van der Waals surface area contributed by atoms with Crippen LogP contribution in [0.5, 0.6) is 0 Å². The predicted molar refractivity (Wildman–Crippen MR) is 103 cm³/mol. The SMILES string of the molecule is COCC(=O)N1CCN(C(=O)CSCC(=O)O)C(C(=O)NC2CCCNC2=O)C1. The largest absolute Gasteiger partial charge is 0.481 e. The smallest absolute Gasteiger partial charge is 0.313 e. The summed E-state index contributed by atoms with van der Waals surface area (Å²) in [7, 11) is 1.39. The maximum atomic E-state index is 12.9. The van der Waals surface area contributed by atoms with Gasteiger partial charge in [0.15, 0.2) is 0 Å². The second kappa shape index (κ2) is 11.0. The Hall–Kier alpha value is -2.34. The van der Waals surface area contributed by atoms with E-state index in [1.165, 1.54) is 16.9 Å². The van der Waals surface area contributed by atoms with Crippen LogP contribution >= 0.6 is 11.8 Å². The molecule has 162 valence electrons. The number of hydrogen-bond donors (Lipinski definition) is 3. The summed E-state index contributed by atoms with van der Waals surface area (Å²) in [5, 5.41) is 14.1. The molecule has 0 spiro atoms. The van der Waals surface area contributed by atoms with Gasteiger partial charge in [0.2, 0.25) is 23.6 Å². The fraction of sp³-hybridized carbons (Fsp3) is 0.706. The van der Waals surface area contributed by atoms with Gasteiger partial charge in [0.25, 0.3) is 0 Å². The van der Waals surface area contributed by atoms with E-state index in [1.54, 1.807) is 0 Å². The predicted octanol–water partition coefficient (Wildman–Crippen LogP) is -2.12. The first-order valence-corrected chi connectivity index (χ1v) is 10.4. The minimum absolute atomic E-state index is 0.0162. The van der Waals surface area contributed by atoms with Crippen LogP contribution in [0.4, 0.5) is 0 Å². The zero-order valence-electron chi connectivity index (χ0n) is 16.2. The van der Waals surface area contributed by atoms with E-state index < -0.39 is 24.0 Å². The summed E-state index contributed by atoms with van der Waals surface area (Å²) in [6.07, 6.45) is 1.23. The standard InChI is InChI=1S/C17H26N4O7S/c1-28-8-13(22)20-5-6-21(14(23)9-29-10-15(24)25)12(7-20)17(27)19-11-3-2-4-18-16(11)26/h11-12H,2-10H2,1H3,(H,18,26)(H,19,27)(H,24,25). The number of methoxy groups -OCH3 is 1. The molecule has 0 aromatic rings. The Bertz CT molecular complexity index is 660. The van der Waals surface area contributed by atoms with Gasteiger partial charge in [-0.05, 0) is 12.8 Å². The van der Waals surface area contributed by atoms with Crippen LogP contribution in [0.1, 0.15) is 12.8 Å². The number of carboxylic acids is 1. The molecule has 2 aliphatic heterocycles. The number of nitrogens with one attached hydrogen (secondary N) is 2. The van der Waals surface area contributed by atoms with Crippen molar-refractivity contribution in [1.29, 1.82) is 0 Å². The van der Waals surface area contributed by atoms with Gasteiger partial charge in [0.1, 0.15) is 18.7 Å². The van der Waals surface area contributed by atoms with E-state index in [0.29, 0.717) is 13.0 Å². The molecule has 0 bridgehead atoms. The average molecular weight is 430 g/mol. The topological polar surface area (TPSA) is 145 Å². The molecule has 2 atom stereocenters. The Morgan fingerprint density at radius 1 is 1.24 bits per heavy atom. The first-order valence-electron chi connectivity index (χ1n) is 9.27. The van der Waals surface area contributed by atoms with E-state index >= 15 is 0 Å². The zero-order valence-corrected chi connectivity index (χ0v) is 17.0. The molecule has 29 heavy (non-hydrogen) atoms. The number of nitrogens with zero attached hydrogens (tertiary/aromatic N) is 2. The lowest BCUT2D eigenvalue weighted by Crippen LogP contribution is -2.64. The molecule has 2 aliphatic rings. The number of piperazine rings is 1. The van der Waals surface area contributed by atoms with Crippen LogP contribution in [-0.4, -0.2) is 108 Å². The van der Waals surface area contributed by atoms with Crippen molar-refractivity contribution in [2.24, 2.45) is 0 Å².